The van der Waals surface area contributed by atoms with Crippen LogP contribution in [0.15, 0.2) is 0 Å². The second-order valence-corrected chi connectivity index (χ2v) is 6.86. The van der Waals surface area contributed by atoms with Crippen molar-refractivity contribution in [3.8, 4) is 0 Å². The zero-order valence-corrected chi connectivity index (χ0v) is 12.2. The Morgan fingerprint density at radius 3 is 2.74 bits per heavy atom. The third-order valence-electron chi connectivity index (χ3n) is 5.50. The van der Waals surface area contributed by atoms with Gasteiger partial charge < -0.3 is 10.2 Å². The fraction of sp³-hybridized carbons (Fsp3) is 0.938. The zero-order chi connectivity index (χ0) is 13.2. The smallest absolute Gasteiger partial charge is 0.226 e. The molecule has 3 aliphatic rings. The van der Waals surface area contributed by atoms with Crippen LogP contribution < -0.4 is 5.32 Å². The minimum Gasteiger partial charge on any atom is -0.339 e. The van der Waals surface area contributed by atoms with Crippen LogP contribution in [-0.4, -0.2) is 36.0 Å². The number of hydrogen-bond acceptors (Lipinski definition) is 2. The Bertz CT molecular complexity index is 329. The minimum absolute atomic E-state index is 0.289. The molecule has 2 heterocycles. The van der Waals surface area contributed by atoms with Crippen LogP contribution in [0.1, 0.15) is 58.3 Å². The Morgan fingerprint density at radius 1 is 1.11 bits per heavy atom. The summed E-state index contributed by atoms with van der Waals surface area (Å²) in [4.78, 5) is 15.1. The van der Waals surface area contributed by atoms with Gasteiger partial charge in [0.2, 0.25) is 5.91 Å². The van der Waals surface area contributed by atoms with E-state index in [4.69, 9.17) is 0 Å². The first kappa shape index (κ1) is 13.4. The number of likely N-dealkylation sites (tertiary alicyclic amines) is 1. The maximum absolute atomic E-state index is 12.9. The van der Waals surface area contributed by atoms with Crippen molar-refractivity contribution in [3.63, 3.8) is 0 Å². The maximum atomic E-state index is 12.9. The van der Waals surface area contributed by atoms with Gasteiger partial charge in [0.25, 0.3) is 0 Å². The predicted octanol–water partition coefficient (Wildman–Crippen LogP) is 2.56. The molecule has 4 unspecified atom stereocenters. The van der Waals surface area contributed by atoms with Crippen molar-refractivity contribution < 1.29 is 4.79 Å². The summed E-state index contributed by atoms with van der Waals surface area (Å²) in [6, 6.07) is 1.09. The molecule has 4 atom stereocenters. The predicted molar refractivity (Wildman–Crippen MR) is 76.9 cm³/mol. The highest BCUT2D eigenvalue weighted by atomic mass is 16.2. The molecular formula is C16H28N2O. The van der Waals surface area contributed by atoms with E-state index < -0.39 is 0 Å². The van der Waals surface area contributed by atoms with E-state index in [9.17, 15) is 4.79 Å². The summed E-state index contributed by atoms with van der Waals surface area (Å²) in [6.07, 6.45) is 9.99. The molecule has 0 aromatic carbocycles. The number of amides is 1. The second-order valence-electron chi connectivity index (χ2n) is 6.86. The van der Waals surface area contributed by atoms with E-state index in [0.717, 1.165) is 31.8 Å². The average Bonchev–Trinajstić information content (AvgIpc) is 2.46. The molecule has 19 heavy (non-hydrogen) atoms. The summed E-state index contributed by atoms with van der Waals surface area (Å²) in [7, 11) is 0. The Hall–Kier alpha value is -0.570. The lowest BCUT2D eigenvalue weighted by molar-refractivity contribution is -0.143. The molecule has 2 aliphatic heterocycles. The summed E-state index contributed by atoms with van der Waals surface area (Å²) in [5, 5.41) is 3.46. The largest absolute Gasteiger partial charge is 0.339 e. The number of rotatable bonds is 1. The summed E-state index contributed by atoms with van der Waals surface area (Å²) in [6.45, 7) is 4.25. The van der Waals surface area contributed by atoms with Crippen molar-refractivity contribution in [1.82, 2.24) is 10.2 Å². The monoisotopic (exact) mass is 264 g/mol. The van der Waals surface area contributed by atoms with E-state index in [1.807, 2.05) is 0 Å². The first-order chi connectivity index (χ1) is 9.25. The van der Waals surface area contributed by atoms with Gasteiger partial charge in [0.1, 0.15) is 0 Å². The van der Waals surface area contributed by atoms with Crippen molar-refractivity contribution in [1.29, 1.82) is 0 Å². The summed E-state index contributed by atoms with van der Waals surface area (Å²) in [5.41, 5.74) is 0. The lowest BCUT2D eigenvalue weighted by Crippen LogP contribution is -2.53. The first-order valence-corrected chi connectivity index (χ1v) is 8.29. The van der Waals surface area contributed by atoms with E-state index >= 15 is 0 Å². The van der Waals surface area contributed by atoms with Gasteiger partial charge in [-0.15, -0.1) is 0 Å². The van der Waals surface area contributed by atoms with Gasteiger partial charge in [0, 0.05) is 24.5 Å². The fourth-order valence-electron chi connectivity index (χ4n) is 4.49. The maximum Gasteiger partial charge on any atom is 0.226 e. The van der Waals surface area contributed by atoms with Gasteiger partial charge in [-0.3, -0.25) is 4.79 Å². The standard InChI is InChI=1S/C16H28N2O/c1-12-11-14(8-9-17-12)16(19)18-10-4-6-13-5-2-3-7-15(13)18/h12-15,17H,2-11H2,1H3. The normalized spacial score (nSPS) is 39.7. The van der Waals surface area contributed by atoms with Crippen molar-refractivity contribution in [2.45, 2.75) is 70.4 Å². The van der Waals surface area contributed by atoms with Crippen LogP contribution in [0.25, 0.3) is 0 Å². The Kier molecular flexibility index (Phi) is 4.11. The molecule has 1 amide bonds. The summed E-state index contributed by atoms with van der Waals surface area (Å²) >= 11 is 0. The zero-order valence-electron chi connectivity index (χ0n) is 12.2. The number of fused-ring (bicyclic) bond motifs is 1. The molecule has 3 heteroatoms. The van der Waals surface area contributed by atoms with E-state index in [1.54, 1.807) is 0 Å². The van der Waals surface area contributed by atoms with Gasteiger partial charge in [-0.2, -0.15) is 0 Å². The highest BCUT2D eigenvalue weighted by Crippen LogP contribution is 2.36. The number of piperidine rings is 2. The van der Waals surface area contributed by atoms with Crippen molar-refractivity contribution >= 4 is 5.91 Å². The van der Waals surface area contributed by atoms with Gasteiger partial charge >= 0.3 is 0 Å². The topological polar surface area (TPSA) is 32.3 Å². The quantitative estimate of drug-likeness (QED) is 0.789. The van der Waals surface area contributed by atoms with Crippen LogP contribution >= 0.6 is 0 Å². The molecule has 0 aromatic heterocycles. The molecule has 3 rings (SSSR count). The van der Waals surface area contributed by atoms with Crippen molar-refractivity contribution in [2.75, 3.05) is 13.1 Å². The number of carbonyl (C=O) groups excluding carboxylic acids is 1. The molecule has 3 nitrogen and oxygen atoms in total. The van der Waals surface area contributed by atoms with E-state index in [-0.39, 0.29) is 5.92 Å². The van der Waals surface area contributed by atoms with Gasteiger partial charge in [-0.1, -0.05) is 12.8 Å². The van der Waals surface area contributed by atoms with Gasteiger partial charge in [0.05, 0.1) is 0 Å². The molecule has 0 bridgehead atoms. The SMILES string of the molecule is CC1CC(C(=O)N2CCCC3CCCCC32)CCN1. The molecule has 108 valence electrons. The summed E-state index contributed by atoms with van der Waals surface area (Å²) in [5.74, 6) is 1.58. The molecule has 0 spiro atoms. The van der Waals surface area contributed by atoms with E-state index in [0.29, 0.717) is 18.0 Å². The highest BCUT2D eigenvalue weighted by molar-refractivity contribution is 5.79. The van der Waals surface area contributed by atoms with Crippen LogP contribution in [0.3, 0.4) is 0 Å². The van der Waals surface area contributed by atoms with Gasteiger partial charge in [-0.25, -0.2) is 0 Å². The van der Waals surface area contributed by atoms with Crippen molar-refractivity contribution in [2.24, 2.45) is 11.8 Å². The molecule has 0 aromatic rings. The minimum atomic E-state index is 0.289. The molecule has 1 N–H and O–H groups in total. The van der Waals surface area contributed by atoms with Crippen LogP contribution in [-0.2, 0) is 4.79 Å². The van der Waals surface area contributed by atoms with Gasteiger partial charge in [0.15, 0.2) is 0 Å². The van der Waals surface area contributed by atoms with Crippen LogP contribution in [0, 0.1) is 11.8 Å². The Morgan fingerprint density at radius 2 is 1.89 bits per heavy atom. The molecule has 3 fully saturated rings. The highest BCUT2D eigenvalue weighted by Gasteiger charge is 2.38. The van der Waals surface area contributed by atoms with Gasteiger partial charge in [-0.05, 0) is 57.9 Å². The van der Waals surface area contributed by atoms with Crippen LogP contribution in [0.4, 0.5) is 0 Å². The number of nitrogens with one attached hydrogen (secondary N) is 1. The molecule has 1 aliphatic carbocycles. The lowest BCUT2D eigenvalue weighted by atomic mass is 9.77. The number of carbonyl (C=O) groups is 1. The first-order valence-electron chi connectivity index (χ1n) is 8.29. The molecule has 2 saturated heterocycles. The van der Waals surface area contributed by atoms with Crippen molar-refractivity contribution in [3.05, 3.63) is 0 Å². The average molecular weight is 264 g/mol. The Labute approximate surface area is 117 Å². The third-order valence-corrected chi connectivity index (χ3v) is 5.50. The molecule has 0 radical (unpaired) electrons. The summed E-state index contributed by atoms with van der Waals surface area (Å²) < 4.78 is 0. The Balaban J connectivity index is 1.67. The van der Waals surface area contributed by atoms with Crippen LogP contribution in [0.2, 0.25) is 0 Å². The second kappa shape index (κ2) is 5.82. The lowest BCUT2D eigenvalue weighted by Gasteiger charge is -2.46. The molecular weight excluding hydrogens is 236 g/mol. The molecule has 1 saturated carbocycles. The third kappa shape index (κ3) is 2.81. The van der Waals surface area contributed by atoms with E-state index in [2.05, 4.69) is 17.1 Å². The van der Waals surface area contributed by atoms with Crippen LogP contribution in [0.5, 0.6) is 0 Å². The number of hydrogen-bond donors (Lipinski definition) is 1. The van der Waals surface area contributed by atoms with E-state index in [1.165, 1.54) is 38.5 Å². The number of nitrogens with zero attached hydrogens (tertiary/aromatic N) is 1. The fourth-order valence-corrected chi connectivity index (χ4v) is 4.49.